The highest BCUT2D eigenvalue weighted by atomic mass is 19.1. The number of halogens is 1. The van der Waals surface area contributed by atoms with Gasteiger partial charge in [-0.05, 0) is 49.6 Å². The van der Waals surface area contributed by atoms with Crippen molar-refractivity contribution in [1.82, 2.24) is 14.8 Å². The molecule has 0 radical (unpaired) electrons. The van der Waals surface area contributed by atoms with Gasteiger partial charge in [-0.15, -0.1) is 0 Å². The summed E-state index contributed by atoms with van der Waals surface area (Å²) in [5.74, 6) is -0.684. The van der Waals surface area contributed by atoms with Crippen LogP contribution in [0, 0.1) is 11.7 Å². The third-order valence-corrected chi connectivity index (χ3v) is 6.23. The first kappa shape index (κ1) is 23.5. The molecular weight excluding hydrogens is 439 g/mol. The Morgan fingerprint density at radius 1 is 1.26 bits per heavy atom. The average Bonchev–Trinajstić information content (AvgIpc) is 3.37. The number of hydrogen-bond donors (Lipinski definition) is 2. The monoisotopic (exact) mass is 468 g/mol. The van der Waals surface area contributed by atoms with E-state index in [4.69, 9.17) is 4.42 Å². The number of benzene rings is 1. The lowest BCUT2D eigenvalue weighted by atomic mass is 9.94. The molecule has 0 fully saturated rings. The van der Waals surface area contributed by atoms with Crippen LogP contribution < -0.4 is 10.6 Å². The molecule has 8 nitrogen and oxygen atoms in total. The molecule has 180 valence electrons. The van der Waals surface area contributed by atoms with Crippen molar-refractivity contribution < 1.29 is 23.2 Å². The second kappa shape index (κ2) is 8.96. The van der Waals surface area contributed by atoms with Crippen molar-refractivity contribution in [3.05, 3.63) is 53.9 Å². The van der Waals surface area contributed by atoms with E-state index in [9.17, 15) is 18.8 Å². The first-order chi connectivity index (χ1) is 16.1. The molecule has 2 aromatic heterocycles. The van der Waals surface area contributed by atoms with Crippen molar-refractivity contribution in [2.24, 2.45) is 5.92 Å². The maximum atomic E-state index is 14.1. The van der Waals surface area contributed by atoms with Gasteiger partial charge in [0.05, 0.1) is 30.6 Å². The number of nitrogens with one attached hydrogen (secondary N) is 2. The largest absolute Gasteiger partial charge is 0.467 e. The Hall–Kier alpha value is -3.62. The van der Waals surface area contributed by atoms with Gasteiger partial charge in [0, 0.05) is 18.9 Å². The summed E-state index contributed by atoms with van der Waals surface area (Å²) in [5.41, 5.74) is -0.248. The summed E-state index contributed by atoms with van der Waals surface area (Å²) in [6, 6.07) is 7.60. The van der Waals surface area contributed by atoms with Crippen molar-refractivity contribution in [2.45, 2.75) is 52.7 Å². The number of carbonyl (C=O) groups is 3. The fourth-order valence-electron chi connectivity index (χ4n) is 4.43. The predicted octanol–water partition coefficient (Wildman–Crippen LogP) is 3.91. The zero-order chi connectivity index (χ0) is 24.6. The number of amides is 3. The molecule has 0 saturated heterocycles. The molecule has 0 saturated carbocycles. The van der Waals surface area contributed by atoms with Gasteiger partial charge in [-0.3, -0.25) is 14.4 Å². The number of hydrogen-bond acceptors (Lipinski definition) is 4. The first-order valence-corrected chi connectivity index (χ1v) is 11.3. The first-order valence-electron chi connectivity index (χ1n) is 11.3. The summed E-state index contributed by atoms with van der Waals surface area (Å²) >= 11 is 0. The standard InChI is InChI=1S/C25H29FN4O4/c1-15(2)9-10-27-24(33)25(4)14-29-20-8-7-17(26)12-19(20)21(28-16(3)31)22(29)23(32)30(25)13-18-6-5-11-34-18/h5-8,11-12,15H,9-10,13-14H2,1-4H3,(H,27,33)(H,28,31)/t25-/m1/s1. The molecule has 1 atom stereocenters. The Morgan fingerprint density at radius 2 is 2.03 bits per heavy atom. The fourth-order valence-corrected chi connectivity index (χ4v) is 4.43. The van der Waals surface area contributed by atoms with E-state index in [1.165, 1.54) is 30.2 Å². The minimum Gasteiger partial charge on any atom is -0.467 e. The lowest BCUT2D eigenvalue weighted by Crippen LogP contribution is -2.63. The van der Waals surface area contributed by atoms with Gasteiger partial charge in [-0.25, -0.2) is 4.39 Å². The van der Waals surface area contributed by atoms with Gasteiger partial charge >= 0.3 is 0 Å². The van der Waals surface area contributed by atoms with Gasteiger partial charge in [-0.2, -0.15) is 0 Å². The highest BCUT2D eigenvalue weighted by Gasteiger charge is 2.49. The van der Waals surface area contributed by atoms with Crippen LogP contribution in [-0.2, 0) is 22.7 Å². The van der Waals surface area contributed by atoms with E-state index in [1.807, 2.05) is 0 Å². The number of aromatic nitrogens is 1. The van der Waals surface area contributed by atoms with Crippen LogP contribution in [-0.4, -0.2) is 39.3 Å². The smallest absolute Gasteiger partial charge is 0.274 e. The number of carbonyl (C=O) groups excluding carboxylic acids is 3. The molecule has 0 aliphatic carbocycles. The zero-order valence-corrected chi connectivity index (χ0v) is 19.8. The molecule has 1 aromatic carbocycles. The van der Waals surface area contributed by atoms with Crippen LogP contribution >= 0.6 is 0 Å². The Balaban J connectivity index is 1.85. The predicted molar refractivity (Wildman–Crippen MR) is 126 cm³/mol. The third-order valence-electron chi connectivity index (χ3n) is 6.23. The van der Waals surface area contributed by atoms with Crippen LogP contribution in [0.15, 0.2) is 41.0 Å². The summed E-state index contributed by atoms with van der Waals surface area (Å²) in [4.78, 5) is 40.9. The minimum absolute atomic E-state index is 0.0648. The third kappa shape index (κ3) is 4.18. The number of nitrogens with zero attached hydrogens (tertiary/aromatic N) is 2. The Kier molecular flexibility index (Phi) is 6.20. The summed E-state index contributed by atoms with van der Waals surface area (Å²) in [5, 5.41) is 6.08. The molecule has 0 bridgehead atoms. The molecule has 3 heterocycles. The van der Waals surface area contributed by atoms with Crippen LogP contribution in [0.25, 0.3) is 10.9 Å². The molecule has 0 spiro atoms. The summed E-state index contributed by atoms with van der Waals surface area (Å²) in [6.07, 6.45) is 2.31. The maximum absolute atomic E-state index is 14.1. The van der Waals surface area contributed by atoms with Crippen LogP contribution in [0.2, 0.25) is 0 Å². The van der Waals surface area contributed by atoms with E-state index in [1.54, 1.807) is 29.7 Å². The van der Waals surface area contributed by atoms with E-state index in [0.717, 1.165) is 6.42 Å². The zero-order valence-electron chi connectivity index (χ0n) is 19.8. The van der Waals surface area contributed by atoms with Crippen molar-refractivity contribution in [3.63, 3.8) is 0 Å². The quantitative estimate of drug-likeness (QED) is 0.550. The maximum Gasteiger partial charge on any atom is 0.274 e. The Bertz CT molecular complexity index is 1250. The normalized spacial score (nSPS) is 17.8. The lowest BCUT2D eigenvalue weighted by molar-refractivity contribution is -0.133. The van der Waals surface area contributed by atoms with E-state index in [2.05, 4.69) is 24.5 Å². The summed E-state index contributed by atoms with van der Waals surface area (Å²) in [6.45, 7) is 7.87. The van der Waals surface area contributed by atoms with E-state index < -0.39 is 17.3 Å². The van der Waals surface area contributed by atoms with Gasteiger partial charge < -0.3 is 24.5 Å². The van der Waals surface area contributed by atoms with Crippen LogP contribution in [0.3, 0.4) is 0 Å². The fraction of sp³-hybridized carbons (Fsp3) is 0.400. The molecule has 9 heteroatoms. The molecule has 3 aromatic rings. The van der Waals surface area contributed by atoms with Gasteiger partial charge in [-0.1, -0.05) is 13.8 Å². The second-order valence-corrected chi connectivity index (χ2v) is 9.34. The minimum atomic E-state index is -1.25. The SMILES string of the molecule is CC(=O)Nc1c2n(c3ccc(F)cc13)C[C@](C)(C(=O)NCCC(C)C)N(Cc1ccco1)C2=O. The van der Waals surface area contributed by atoms with Gasteiger partial charge in [0.2, 0.25) is 11.8 Å². The molecule has 0 unspecified atom stereocenters. The van der Waals surface area contributed by atoms with E-state index >= 15 is 0 Å². The number of fused-ring (bicyclic) bond motifs is 3. The number of furan rings is 1. The summed E-state index contributed by atoms with van der Waals surface area (Å²) in [7, 11) is 0. The van der Waals surface area contributed by atoms with Crippen molar-refractivity contribution >= 4 is 34.3 Å². The van der Waals surface area contributed by atoms with Gasteiger partial charge in [0.1, 0.15) is 22.8 Å². The second-order valence-electron chi connectivity index (χ2n) is 9.34. The van der Waals surface area contributed by atoms with Crippen molar-refractivity contribution in [2.75, 3.05) is 11.9 Å². The molecule has 4 rings (SSSR count). The molecular formula is C25H29FN4O4. The topological polar surface area (TPSA) is 96.6 Å². The highest BCUT2D eigenvalue weighted by molar-refractivity contribution is 6.14. The Morgan fingerprint density at radius 3 is 2.68 bits per heavy atom. The number of rotatable bonds is 7. The summed E-state index contributed by atoms with van der Waals surface area (Å²) < 4.78 is 21.3. The molecule has 34 heavy (non-hydrogen) atoms. The molecule has 2 N–H and O–H groups in total. The lowest BCUT2D eigenvalue weighted by Gasteiger charge is -2.44. The average molecular weight is 469 g/mol. The van der Waals surface area contributed by atoms with Gasteiger partial charge in [0.25, 0.3) is 5.91 Å². The Labute approximate surface area is 197 Å². The van der Waals surface area contributed by atoms with Crippen LogP contribution in [0.4, 0.5) is 10.1 Å². The van der Waals surface area contributed by atoms with Crippen LogP contribution in [0.5, 0.6) is 0 Å². The van der Waals surface area contributed by atoms with Gasteiger partial charge in [0.15, 0.2) is 0 Å². The number of anilines is 1. The molecule has 3 amide bonds. The van der Waals surface area contributed by atoms with Crippen molar-refractivity contribution in [1.29, 1.82) is 0 Å². The van der Waals surface area contributed by atoms with Crippen molar-refractivity contribution in [3.8, 4) is 0 Å². The van der Waals surface area contributed by atoms with Crippen LogP contribution in [0.1, 0.15) is 50.4 Å². The highest BCUT2D eigenvalue weighted by Crippen LogP contribution is 2.39. The van der Waals surface area contributed by atoms with E-state index in [0.29, 0.717) is 29.1 Å². The van der Waals surface area contributed by atoms with E-state index in [-0.39, 0.29) is 36.3 Å². The molecule has 1 aliphatic heterocycles. The molecule has 1 aliphatic rings.